The Morgan fingerprint density at radius 2 is 2.13 bits per heavy atom. The van der Waals surface area contributed by atoms with Crippen molar-refractivity contribution in [3.05, 3.63) is 0 Å². The number of aliphatic hydroxyl groups excluding tert-OH is 1. The van der Waals surface area contributed by atoms with Crippen LogP contribution in [-0.4, -0.2) is 35.2 Å². The molecule has 1 rings (SSSR count). The van der Waals surface area contributed by atoms with E-state index in [1.807, 2.05) is 0 Å². The zero-order chi connectivity index (χ0) is 11.5. The van der Waals surface area contributed by atoms with Crippen molar-refractivity contribution in [1.29, 1.82) is 0 Å². The second-order valence-corrected chi connectivity index (χ2v) is 4.01. The van der Waals surface area contributed by atoms with Crippen molar-refractivity contribution in [2.45, 2.75) is 37.8 Å². The smallest absolute Gasteiger partial charge is 0.312 e. The summed E-state index contributed by atoms with van der Waals surface area (Å²) in [7, 11) is 0. The lowest BCUT2D eigenvalue weighted by Crippen LogP contribution is -2.60. The Morgan fingerprint density at radius 3 is 2.47 bits per heavy atom. The lowest BCUT2D eigenvalue weighted by Gasteiger charge is -2.41. The summed E-state index contributed by atoms with van der Waals surface area (Å²) in [6.07, 6.45) is 2.55. The Hall–Kier alpha value is -1.30. The van der Waals surface area contributed by atoms with Gasteiger partial charge in [-0.1, -0.05) is 0 Å². The molecule has 0 heterocycles. The van der Waals surface area contributed by atoms with E-state index < -0.39 is 17.6 Å². The summed E-state index contributed by atoms with van der Waals surface area (Å²) in [5, 5.41) is 14.1. The van der Waals surface area contributed by atoms with Gasteiger partial charge in [-0.2, -0.15) is 0 Å². The van der Waals surface area contributed by atoms with Crippen LogP contribution in [-0.2, 0) is 4.79 Å². The van der Waals surface area contributed by atoms with E-state index >= 15 is 0 Å². The third-order valence-electron chi connectivity index (χ3n) is 2.75. The number of rotatable bonds is 4. The van der Waals surface area contributed by atoms with Crippen LogP contribution in [0.15, 0.2) is 0 Å². The summed E-state index contributed by atoms with van der Waals surface area (Å²) >= 11 is 0. The molecule has 6 heteroatoms. The Balaban J connectivity index is 2.43. The predicted molar refractivity (Wildman–Crippen MR) is 54.0 cm³/mol. The maximum Gasteiger partial charge on any atom is 0.312 e. The molecule has 1 fully saturated rings. The Bertz CT molecular complexity index is 258. The van der Waals surface area contributed by atoms with Gasteiger partial charge >= 0.3 is 6.03 Å². The Kier molecular flexibility index (Phi) is 3.52. The predicted octanol–water partition coefficient (Wildman–Crippen LogP) is -0.926. The molecule has 0 bridgehead atoms. The number of hydrogen-bond donors (Lipinski definition) is 4. The fraction of sp³-hybridized carbons (Fsp3) is 0.778. The SMILES string of the molecule is CC(NC(N)=O)C(=O)NC1(CO)CCC1. The minimum absolute atomic E-state index is 0.0674. The van der Waals surface area contributed by atoms with Gasteiger partial charge in [-0.05, 0) is 26.2 Å². The van der Waals surface area contributed by atoms with Crippen LogP contribution in [0.4, 0.5) is 4.79 Å². The maximum atomic E-state index is 11.6. The molecule has 0 aliphatic heterocycles. The highest BCUT2D eigenvalue weighted by Gasteiger charge is 2.38. The van der Waals surface area contributed by atoms with Crippen molar-refractivity contribution in [2.24, 2.45) is 5.73 Å². The van der Waals surface area contributed by atoms with Crippen LogP contribution in [0.3, 0.4) is 0 Å². The van der Waals surface area contributed by atoms with Crippen LogP contribution < -0.4 is 16.4 Å². The molecule has 0 aromatic rings. The number of carbonyl (C=O) groups is 2. The minimum Gasteiger partial charge on any atom is -0.394 e. The molecule has 1 aliphatic rings. The fourth-order valence-electron chi connectivity index (χ4n) is 1.57. The summed E-state index contributed by atoms with van der Waals surface area (Å²) in [5.41, 5.74) is 4.41. The van der Waals surface area contributed by atoms with Gasteiger partial charge in [0, 0.05) is 0 Å². The number of primary amides is 1. The van der Waals surface area contributed by atoms with Gasteiger partial charge in [0.25, 0.3) is 0 Å². The van der Waals surface area contributed by atoms with E-state index in [1.54, 1.807) is 6.92 Å². The summed E-state index contributed by atoms with van der Waals surface area (Å²) in [4.78, 5) is 22.1. The van der Waals surface area contributed by atoms with E-state index in [0.29, 0.717) is 0 Å². The molecule has 6 nitrogen and oxygen atoms in total. The van der Waals surface area contributed by atoms with Crippen molar-refractivity contribution in [2.75, 3.05) is 6.61 Å². The molecule has 1 unspecified atom stereocenters. The van der Waals surface area contributed by atoms with Crippen molar-refractivity contribution >= 4 is 11.9 Å². The maximum absolute atomic E-state index is 11.6. The molecule has 0 aromatic carbocycles. The number of nitrogens with one attached hydrogen (secondary N) is 2. The van der Waals surface area contributed by atoms with Crippen LogP contribution in [0.1, 0.15) is 26.2 Å². The lowest BCUT2D eigenvalue weighted by atomic mass is 9.77. The zero-order valence-electron chi connectivity index (χ0n) is 8.75. The van der Waals surface area contributed by atoms with E-state index in [0.717, 1.165) is 19.3 Å². The highest BCUT2D eigenvalue weighted by atomic mass is 16.3. The fourth-order valence-corrected chi connectivity index (χ4v) is 1.57. The van der Waals surface area contributed by atoms with Crippen LogP contribution in [0.2, 0.25) is 0 Å². The first-order chi connectivity index (χ1) is 6.99. The summed E-state index contributed by atoms with van der Waals surface area (Å²) in [6.45, 7) is 1.48. The first-order valence-corrected chi connectivity index (χ1v) is 4.98. The number of aliphatic hydroxyl groups is 1. The van der Waals surface area contributed by atoms with E-state index in [-0.39, 0.29) is 12.5 Å². The standard InChI is InChI=1S/C9H17N3O3/c1-6(11-8(10)15)7(14)12-9(5-13)3-2-4-9/h6,13H,2-5H2,1H3,(H,12,14)(H3,10,11,15). The van der Waals surface area contributed by atoms with E-state index in [2.05, 4.69) is 10.6 Å². The molecular formula is C9H17N3O3. The van der Waals surface area contributed by atoms with Gasteiger partial charge in [0.2, 0.25) is 5.91 Å². The molecule has 15 heavy (non-hydrogen) atoms. The third-order valence-corrected chi connectivity index (χ3v) is 2.75. The van der Waals surface area contributed by atoms with Crippen molar-refractivity contribution in [3.63, 3.8) is 0 Å². The number of urea groups is 1. The number of nitrogens with two attached hydrogens (primary N) is 1. The first kappa shape index (κ1) is 11.8. The van der Waals surface area contributed by atoms with Gasteiger partial charge in [0.1, 0.15) is 6.04 Å². The second-order valence-electron chi connectivity index (χ2n) is 4.01. The highest BCUT2D eigenvalue weighted by molar-refractivity contribution is 5.86. The third kappa shape index (κ3) is 2.82. The van der Waals surface area contributed by atoms with Crippen molar-refractivity contribution < 1.29 is 14.7 Å². The van der Waals surface area contributed by atoms with E-state index in [4.69, 9.17) is 10.8 Å². The number of amides is 3. The number of carbonyl (C=O) groups excluding carboxylic acids is 2. The monoisotopic (exact) mass is 215 g/mol. The average Bonchev–Trinajstić information content (AvgIpc) is 2.09. The molecule has 0 aromatic heterocycles. The molecule has 0 spiro atoms. The van der Waals surface area contributed by atoms with E-state index in [1.165, 1.54) is 0 Å². The van der Waals surface area contributed by atoms with Gasteiger partial charge in [0.05, 0.1) is 12.1 Å². The molecule has 1 aliphatic carbocycles. The quantitative estimate of drug-likeness (QED) is 0.487. The molecule has 1 saturated carbocycles. The van der Waals surface area contributed by atoms with Crippen molar-refractivity contribution in [1.82, 2.24) is 10.6 Å². The van der Waals surface area contributed by atoms with Gasteiger partial charge in [0.15, 0.2) is 0 Å². The molecule has 86 valence electrons. The Labute approximate surface area is 88.2 Å². The molecular weight excluding hydrogens is 198 g/mol. The van der Waals surface area contributed by atoms with Gasteiger partial charge < -0.3 is 21.5 Å². The van der Waals surface area contributed by atoms with Crippen LogP contribution >= 0.6 is 0 Å². The topological polar surface area (TPSA) is 104 Å². The summed E-state index contributed by atoms with van der Waals surface area (Å²) in [6, 6.07) is -1.41. The minimum atomic E-state index is -0.732. The van der Waals surface area contributed by atoms with Crippen LogP contribution in [0.5, 0.6) is 0 Å². The second kappa shape index (κ2) is 4.48. The van der Waals surface area contributed by atoms with Crippen molar-refractivity contribution in [3.8, 4) is 0 Å². The molecule has 3 amide bonds. The van der Waals surface area contributed by atoms with E-state index in [9.17, 15) is 9.59 Å². The Morgan fingerprint density at radius 1 is 1.53 bits per heavy atom. The molecule has 5 N–H and O–H groups in total. The normalized spacial score (nSPS) is 19.9. The molecule has 0 saturated heterocycles. The first-order valence-electron chi connectivity index (χ1n) is 4.98. The summed E-state index contributed by atoms with van der Waals surface area (Å²) < 4.78 is 0. The van der Waals surface area contributed by atoms with Gasteiger partial charge in [-0.3, -0.25) is 4.79 Å². The van der Waals surface area contributed by atoms with Gasteiger partial charge in [-0.25, -0.2) is 4.79 Å². The highest BCUT2D eigenvalue weighted by Crippen LogP contribution is 2.31. The largest absolute Gasteiger partial charge is 0.394 e. The zero-order valence-corrected chi connectivity index (χ0v) is 8.75. The van der Waals surface area contributed by atoms with Crippen LogP contribution in [0, 0.1) is 0 Å². The van der Waals surface area contributed by atoms with Gasteiger partial charge in [-0.15, -0.1) is 0 Å². The summed E-state index contributed by atoms with van der Waals surface area (Å²) in [5.74, 6) is -0.317. The molecule has 1 atom stereocenters. The van der Waals surface area contributed by atoms with Crippen LogP contribution in [0.25, 0.3) is 0 Å². The number of hydrogen-bond acceptors (Lipinski definition) is 3. The average molecular weight is 215 g/mol. The lowest BCUT2D eigenvalue weighted by molar-refractivity contribution is -0.126. The molecule has 0 radical (unpaired) electrons.